The van der Waals surface area contributed by atoms with Crippen molar-refractivity contribution in [3.8, 4) is 0 Å². The lowest BCUT2D eigenvalue weighted by Gasteiger charge is -2.32. The third kappa shape index (κ3) is 3.85. The van der Waals surface area contributed by atoms with E-state index in [4.69, 9.17) is 0 Å². The Bertz CT molecular complexity index is 831. The van der Waals surface area contributed by atoms with E-state index >= 15 is 0 Å². The van der Waals surface area contributed by atoms with Gasteiger partial charge < -0.3 is 9.47 Å². The lowest BCUT2D eigenvalue weighted by molar-refractivity contribution is 0.0703. The molecule has 2 aromatic rings. The molecule has 1 amide bonds. The monoisotopic (exact) mass is 380 g/mol. The number of piperidine rings is 1. The maximum atomic E-state index is 13.1. The molecule has 5 nitrogen and oxygen atoms in total. The van der Waals surface area contributed by atoms with E-state index in [1.54, 1.807) is 0 Å². The first-order chi connectivity index (χ1) is 13.4. The highest BCUT2D eigenvalue weighted by Gasteiger charge is 2.30. The Labute approximate surface area is 168 Å². The predicted octanol–water partition coefficient (Wildman–Crippen LogP) is 4.32. The maximum Gasteiger partial charge on any atom is 0.253 e. The number of rotatable bonds is 2. The van der Waals surface area contributed by atoms with E-state index < -0.39 is 0 Å². The Morgan fingerprint density at radius 3 is 2.54 bits per heavy atom. The number of amides is 1. The topological polar surface area (TPSA) is 51.0 Å². The molecule has 0 radical (unpaired) electrons. The van der Waals surface area contributed by atoms with Crippen molar-refractivity contribution in [2.75, 3.05) is 13.1 Å². The van der Waals surface area contributed by atoms with Crippen LogP contribution in [0.4, 0.5) is 0 Å². The maximum absolute atomic E-state index is 13.1. The Hall–Kier alpha value is -2.17. The summed E-state index contributed by atoms with van der Waals surface area (Å²) >= 11 is 0. The molecule has 1 saturated heterocycles. The summed E-state index contributed by atoms with van der Waals surface area (Å²) in [6.07, 6.45) is 6.82. The van der Waals surface area contributed by atoms with Crippen molar-refractivity contribution in [1.82, 2.24) is 19.7 Å². The molecule has 1 aromatic heterocycles. The molecular weight excluding hydrogens is 348 g/mol. The average Bonchev–Trinajstić information content (AvgIpc) is 2.95. The van der Waals surface area contributed by atoms with Crippen LogP contribution in [0.25, 0.3) is 0 Å². The molecular formula is C23H32N4O. The number of benzene rings is 1. The van der Waals surface area contributed by atoms with E-state index in [0.29, 0.717) is 5.92 Å². The number of carbonyl (C=O) groups is 1. The van der Waals surface area contributed by atoms with Gasteiger partial charge in [0, 0.05) is 37.5 Å². The van der Waals surface area contributed by atoms with Crippen LogP contribution in [-0.2, 0) is 18.4 Å². The second kappa shape index (κ2) is 7.69. The minimum absolute atomic E-state index is 0.100. The molecule has 3 heterocycles. The summed E-state index contributed by atoms with van der Waals surface area (Å²) in [7, 11) is 0. The van der Waals surface area contributed by atoms with Gasteiger partial charge in [0.25, 0.3) is 5.91 Å². The van der Waals surface area contributed by atoms with Crippen molar-refractivity contribution < 1.29 is 4.79 Å². The number of nitrogens with zero attached hydrogens (tertiary/aromatic N) is 4. The van der Waals surface area contributed by atoms with Gasteiger partial charge in [-0.2, -0.15) is 0 Å². The summed E-state index contributed by atoms with van der Waals surface area (Å²) in [6, 6.07) is 8.14. The average molecular weight is 381 g/mol. The van der Waals surface area contributed by atoms with Crippen LogP contribution in [0.1, 0.15) is 86.4 Å². The molecule has 1 fully saturated rings. The van der Waals surface area contributed by atoms with E-state index in [-0.39, 0.29) is 11.3 Å². The summed E-state index contributed by atoms with van der Waals surface area (Å²) in [6.45, 7) is 9.19. The summed E-state index contributed by atoms with van der Waals surface area (Å²) in [5.41, 5.74) is 2.14. The van der Waals surface area contributed by atoms with Gasteiger partial charge >= 0.3 is 0 Å². The van der Waals surface area contributed by atoms with E-state index in [9.17, 15) is 4.79 Å². The molecule has 150 valence electrons. The molecule has 0 saturated carbocycles. The molecule has 1 atom stereocenters. The van der Waals surface area contributed by atoms with Gasteiger partial charge in [-0.05, 0) is 48.8 Å². The summed E-state index contributed by atoms with van der Waals surface area (Å²) in [5.74, 6) is 2.66. The van der Waals surface area contributed by atoms with Gasteiger partial charge in [-0.1, -0.05) is 39.3 Å². The number of fused-ring (bicyclic) bond motifs is 1. The molecule has 0 aliphatic carbocycles. The molecule has 0 bridgehead atoms. The molecule has 28 heavy (non-hydrogen) atoms. The number of likely N-dealkylation sites (tertiary alicyclic amines) is 1. The second-order valence-electron chi connectivity index (χ2n) is 9.35. The normalized spacial score (nSPS) is 20.5. The zero-order valence-electron chi connectivity index (χ0n) is 17.4. The third-order valence-electron chi connectivity index (χ3n) is 6.21. The Morgan fingerprint density at radius 1 is 1.00 bits per heavy atom. The number of hydrogen-bond donors (Lipinski definition) is 0. The van der Waals surface area contributed by atoms with Gasteiger partial charge in [-0.15, -0.1) is 10.2 Å². The van der Waals surface area contributed by atoms with Crippen LogP contribution >= 0.6 is 0 Å². The van der Waals surface area contributed by atoms with Crippen molar-refractivity contribution in [2.45, 2.75) is 77.2 Å². The second-order valence-corrected chi connectivity index (χ2v) is 9.35. The van der Waals surface area contributed by atoms with Crippen molar-refractivity contribution in [3.05, 3.63) is 47.0 Å². The summed E-state index contributed by atoms with van der Waals surface area (Å²) < 4.78 is 2.34. The first-order valence-electron chi connectivity index (χ1n) is 10.8. The van der Waals surface area contributed by atoms with Gasteiger partial charge in [0.15, 0.2) is 0 Å². The number of aromatic nitrogens is 3. The quantitative estimate of drug-likeness (QED) is 0.779. The highest BCUT2D eigenvalue weighted by molar-refractivity contribution is 5.94. The minimum Gasteiger partial charge on any atom is -0.338 e. The number of hydrogen-bond acceptors (Lipinski definition) is 3. The molecule has 4 rings (SSSR count). The van der Waals surface area contributed by atoms with E-state index in [1.165, 1.54) is 24.8 Å². The first-order valence-corrected chi connectivity index (χ1v) is 10.8. The van der Waals surface area contributed by atoms with Crippen molar-refractivity contribution >= 4 is 5.91 Å². The molecule has 0 spiro atoms. The van der Waals surface area contributed by atoms with Crippen LogP contribution in [0.15, 0.2) is 24.3 Å². The zero-order valence-corrected chi connectivity index (χ0v) is 17.4. The lowest BCUT2D eigenvalue weighted by Crippen LogP contribution is -2.39. The molecule has 1 unspecified atom stereocenters. The highest BCUT2D eigenvalue weighted by atomic mass is 16.2. The Kier molecular flexibility index (Phi) is 5.26. The van der Waals surface area contributed by atoms with Gasteiger partial charge in [-0.3, -0.25) is 4.79 Å². The van der Waals surface area contributed by atoms with Crippen LogP contribution in [0.3, 0.4) is 0 Å². The van der Waals surface area contributed by atoms with Crippen molar-refractivity contribution in [1.29, 1.82) is 0 Å². The molecule has 0 N–H and O–H groups in total. The lowest BCUT2D eigenvalue weighted by atomic mass is 9.86. The predicted molar refractivity (Wildman–Crippen MR) is 111 cm³/mol. The van der Waals surface area contributed by atoms with E-state index in [1.807, 2.05) is 17.0 Å². The fraction of sp³-hybridized carbons (Fsp3) is 0.609. The van der Waals surface area contributed by atoms with Crippen molar-refractivity contribution in [3.63, 3.8) is 0 Å². The smallest absolute Gasteiger partial charge is 0.253 e. The van der Waals surface area contributed by atoms with Crippen LogP contribution in [0.2, 0.25) is 0 Å². The molecule has 5 heteroatoms. The van der Waals surface area contributed by atoms with Crippen LogP contribution < -0.4 is 0 Å². The summed E-state index contributed by atoms with van der Waals surface area (Å²) in [4.78, 5) is 15.1. The largest absolute Gasteiger partial charge is 0.338 e. The van der Waals surface area contributed by atoms with E-state index in [0.717, 1.165) is 56.1 Å². The van der Waals surface area contributed by atoms with Gasteiger partial charge in [0.1, 0.15) is 11.6 Å². The third-order valence-corrected chi connectivity index (χ3v) is 6.21. The molecule has 1 aromatic carbocycles. The first kappa shape index (κ1) is 19.2. The standard InChI is InChI=1S/C23H32N4O/c1-23(2,3)19-12-10-17(11-13-19)22(28)26-14-7-8-18(16-26)21-25-24-20-9-5-4-6-15-27(20)21/h10-13,18H,4-9,14-16H2,1-3H3. The zero-order chi connectivity index (χ0) is 19.7. The fourth-order valence-electron chi connectivity index (χ4n) is 4.48. The Morgan fingerprint density at radius 2 is 1.79 bits per heavy atom. The van der Waals surface area contributed by atoms with Crippen LogP contribution in [-0.4, -0.2) is 38.7 Å². The van der Waals surface area contributed by atoms with Crippen molar-refractivity contribution in [2.24, 2.45) is 0 Å². The Balaban J connectivity index is 1.50. The van der Waals surface area contributed by atoms with Gasteiger partial charge in [-0.25, -0.2) is 0 Å². The number of carbonyl (C=O) groups excluding carboxylic acids is 1. The van der Waals surface area contributed by atoms with Crippen LogP contribution in [0, 0.1) is 0 Å². The SMILES string of the molecule is CC(C)(C)c1ccc(C(=O)N2CCCC(c3nnc4n3CCCCC4)C2)cc1. The molecule has 2 aliphatic rings. The van der Waals surface area contributed by atoms with Gasteiger partial charge in [0.05, 0.1) is 0 Å². The minimum atomic E-state index is 0.100. The summed E-state index contributed by atoms with van der Waals surface area (Å²) in [5, 5.41) is 9.01. The van der Waals surface area contributed by atoms with Gasteiger partial charge in [0.2, 0.25) is 0 Å². The number of aryl methyl sites for hydroxylation is 1. The highest BCUT2D eigenvalue weighted by Crippen LogP contribution is 2.29. The van der Waals surface area contributed by atoms with Crippen LogP contribution in [0.5, 0.6) is 0 Å². The van der Waals surface area contributed by atoms with E-state index in [2.05, 4.69) is 47.7 Å². The fourth-order valence-corrected chi connectivity index (χ4v) is 4.48. The molecule has 2 aliphatic heterocycles.